The maximum absolute atomic E-state index is 5.08. The highest BCUT2D eigenvalue weighted by Crippen LogP contribution is 1.37. The summed E-state index contributed by atoms with van der Waals surface area (Å²) >= 11 is 0. The molecule has 2 nitrogen and oxygen atoms in total. The molecule has 0 spiro atoms. The molecule has 8 heavy (non-hydrogen) atoms. The highest BCUT2D eigenvalue weighted by Gasteiger charge is 1.64. The third-order valence-corrected chi connectivity index (χ3v) is 0.394. The zero-order valence-corrected chi connectivity index (χ0v) is 7.17. The molecule has 0 aromatic carbocycles. The minimum absolute atomic E-state index is 0. The molecular weight excluding hydrogens is 170 g/mol. The van der Waals surface area contributed by atoms with Crippen molar-refractivity contribution in [1.29, 1.82) is 0 Å². The molecule has 3 N–H and O–H groups in total. The topological polar surface area (TPSA) is 38.0 Å². The van der Waals surface area contributed by atoms with Gasteiger partial charge in [0.15, 0.2) is 0 Å². The quantitative estimate of drug-likeness (QED) is 0.652. The fourth-order valence-corrected chi connectivity index (χ4v) is 0.144. The second-order valence-electron chi connectivity index (χ2n) is 0.892. The number of hydrogen-bond acceptors (Lipinski definition) is 2. The van der Waals surface area contributed by atoms with Crippen molar-refractivity contribution in [3.05, 3.63) is 0 Å². The van der Waals surface area contributed by atoms with Gasteiger partial charge in [-0.2, -0.15) is 0 Å². The molecule has 0 aromatic rings. The van der Waals surface area contributed by atoms with E-state index in [0.29, 0.717) is 0 Å². The van der Waals surface area contributed by atoms with Crippen molar-refractivity contribution in [1.82, 2.24) is 5.32 Å². The molecule has 0 aromatic heterocycles. The average Bonchev–Trinajstić information content (AvgIpc) is 1.41. The van der Waals surface area contributed by atoms with Gasteiger partial charge in [0, 0.05) is 13.1 Å². The Labute approximate surface area is 68.8 Å². The minimum Gasteiger partial charge on any atom is -0.329 e. The molecule has 0 radical (unpaired) electrons. The predicted octanol–water partition coefficient (Wildman–Crippen LogP) is 0.430. The summed E-state index contributed by atoms with van der Waals surface area (Å²) < 4.78 is 0. The fourth-order valence-electron chi connectivity index (χ4n) is 0.144. The summed E-state index contributed by atoms with van der Waals surface area (Å²) in [6.45, 7) is 1.65. The smallest absolute Gasteiger partial charge is 0.00714 e. The summed E-state index contributed by atoms with van der Waals surface area (Å²) in [6.07, 6.45) is 0. The number of nitrogens with one attached hydrogen (secondary N) is 1. The van der Waals surface area contributed by atoms with Crippen LogP contribution < -0.4 is 11.1 Å². The molecule has 0 fully saturated rings. The first kappa shape index (κ1) is 23.2. The Hall–Kier alpha value is 0.790. The van der Waals surface area contributed by atoms with E-state index in [-0.39, 0.29) is 37.2 Å². The number of hydrogen-bond donors (Lipinski definition) is 2. The average molecular weight is 184 g/mol. The molecule has 0 bridgehead atoms. The number of nitrogens with two attached hydrogens (primary N) is 1. The Morgan fingerprint density at radius 3 is 1.62 bits per heavy atom. The van der Waals surface area contributed by atoms with Crippen molar-refractivity contribution in [2.45, 2.75) is 0 Å². The molecule has 0 amide bonds. The molecule has 0 aliphatic carbocycles. The van der Waals surface area contributed by atoms with Crippen LogP contribution in [0.15, 0.2) is 0 Å². The van der Waals surface area contributed by atoms with Crippen LogP contribution in [-0.4, -0.2) is 20.1 Å². The summed E-state index contributed by atoms with van der Waals surface area (Å²) in [4.78, 5) is 0. The number of likely N-dealkylation sites (N-methyl/N-ethyl adjacent to an activating group) is 1. The maximum atomic E-state index is 5.08. The third kappa shape index (κ3) is 29.2. The van der Waals surface area contributed by atoms with Gasteiger partial charge in [-0.25, -0.2) is 0 Å². The van der Waals surface area contributed by atoms with Gasteiger partial charge in [0.2, 0.25) is 0 Å². The summed E-state index contributed by atoms with van der Waals surface area (Å²) in [7, 11) is 1.88. The lowest BCUT2D eigenvalue weighted by molar-refractivity contribution is 0.802. The fraction of sp³-hybridized carbons (Fsp3) is 1.00. The Kier molecular flexibility index (Phi) is 72.7. The van der Waals surface area contributed by atoms with Crippen LogP contribution in [0.5, 0.6) is 0 Å². The van der Waals surface area contributed by atoms with Crippen molar-refractivity contribution in [2.75, 3.05) is 20.1 Å². The van der Waals surface area contributed by atoms with Crippen LogP contribution in [-0.2, 0) is 0 Å². The van der Waals surface area contributed by atoms with Crippen LogP contribution in [0.2, 0.25) is 0 Å². The molecule has 0 saturated heterocycles. The standard InChI is InChI=1S/C3H10N2.3ClH/c1-5-3-2-4;;;/h5H,2-4H2,1H3;3*1H. The van der Waals surface area contributed by atoms with Crippen LogP contribution in [0.25, 0.3) is 0 Å². The van der Waals surface area contributed by atoms with Gasteiger partial charge >= 0.3 is 0 Å². The van der Waals surface area contributed by atoms with E-state index in [1.807, 2.05) is 7.05 Å². The molecular formula is C3H13Cl3N2. The van der Waals surface area contributed by atoms with Gasteiger partial charge in [-0.3, -0.25) is 0 Å². The normalized spacial score (nSPS) is 5.25. The van der Waals surface area contributed by atoms with Crippen molar-refractivity contribution >= 4 is 37.2 Å². The van der Waals surface area contributed by atoms with Gasteiger partial charge in [-0.15, -0.1) is 37.2 Å². The van der Waals surface area contributed by atoms with E-state index in [9.17, 15) is 0 Å². The SMILES string of the molecule is CNCCN.Cl.Cl.Cl. The van der Waals surface area contributed by atoms with E-state index in [2.05, 4.69) is 5.32 Å². The molecule has 0 aliphatic heterocycles. The van der Waals surface area contributed by atoms with E-state index < -0.39 is 0 Å². The lowest BCUT2D eigenvalue weighted by atomic mass is 10.7. The van der Waals surface area contributed by atoms with Gasteiger partial charge in [0.05, 0.1) is 0 Å². The van der Waals surface area contributed by atoms with E-state index in [1.165, 1.54) is 0 Å². The van der Waals surface area contributed by atoms with Crippen molar-refractivity contribution in [3.8, 4) is 0 Å². The second kappa shape index (κ2) is 25.0. The first-order valence-corrected chi connectivity index (χ1v) is 1.76. The van der Waals surface area contributed by atoms with Crippen molar-refractivity contribution in [3.63, 3.8) is 0 Å². The van der Waals surface area contributed by atoms with Gasteiger partial charge in [0.25, 0.3) is 0 Å². The molecule has 0 aliphatic rings. The van der Waals surface area contributed by atoms with Crippen LogP contribution in [0, 0.1) is 0 Å². The lowest BCUT2D eigenvalue weighted by Gasteiger charge is -1.85. The number of rotatable bonds is 2. The van der Waals surface area contributed by atoms with Crippen LogP contribution in [0.3, 0.4) is 0 Å². The Bertz CT molecular complexity index is 20.0. The highest BCUT2D eigenvalue weighted by molar-refractivity contribution is 5.86. The summed E-state index contributed by atoms with van der Waals surface area (Å²) in [6, 6.07) is 0. The number of halogens is 3. The van der Waals surface area contributed by atoms with E-state index in [0.717, 1.165) is 13.1 Å². The maximum Gasteiger partial charge on any atom is 0.00714 e. The Balaban J connectivity index is -0.0000000267. The second-order valence-corrected chi connectivity index (χ2v) is 0.892. The Morgan fingerprint density at radius 1 is 1.25 bits per heavy atom. The predicted molar refractivity (Wildman–Crippen MR) is 44.7 cm³/mol. The van der Waals surface area contributed by atoms with Gasteiger partial charge in [-0.1, -0.05) is 0 Å². The van der Waals surface area contributed by atoms with Gasteiger partial charge in [0.1, 0.15) is 0 Å². The van der Waals surface area contributed by atoms with Crippen LogP contribution in [0.4, 0.5) is 0 Å². The molecule has 0 heterocycles. The molecule has 0 saturated carbocycles. The first-order valence-electron chi connectivity index (χ1n) is 1.76. The van der Waals surface area contributed by atoms with Crippen molar-refractivity contribution in [2.24, 2.45) is 5.73 Å². The van der Waals surface area contributed by atoms with Gasteiger partial charge < -0.3 is 11.1 Å². The van der Waals surface area contributed by atoms with E-state index >= 15 is 0 Å². The largest absolute Gasteiger partial charge is 0.329 e. The summed E-state index contributed by atoms with van der Waals surface area (Å²) in [5.74, 6) is 0. The summed E-state index contributed by atoms with van der Waals surface area (Å²) in [5.41, 5.74) is 5.08. The third-order valence-electron chi connectivity index (χ3n) is 0.394. The van der Waals surface area contributed by atoms with Crippen molar-refractivity contribution < 1.29 is 0 Å². The van der Waals surface area contributed by atoms with Crippen LogP contribution in [0.1, 0.15) is 0 Å². The zero-order valence-electron chi connectivity index (χ0n) is 4.72. The molecule has 0 atom stereocenters. The Morgan fingerprint density at radius 2 is 1.62 bits per heavy atom. The van der Waals surface area contributed by atoms with E-state index in [4.69, 9.17) is 5.73 Å². The zero-order chi connectivity index (χ0) is 4.12. The van der Waals surface area contributed by atoms with E-state index in [1.54, 1.807) is 0 Å². The molecule has 56 valence electrons. The molecule has 0 unspecified atom stereocenters. The molecule has 0 rings (SSSR count). The highest BCUT2D eigenvalue weighted by atomic mass is 35.5. The monoisotopic (exact) mass is 182 g/mol. The minimum atomic E-state index is 0. The van der Waals surface area contributed by atoms with Gasteiger partial charge in [-0.05, 0) is 7.05 Å². The first-order chi connectivity index (χ1) is 2.41. The summed E-state index contributed by atoms with van der Waals surface area (Å²) in [5, 5.41) is 2.89. The molecule has 5 heteroatoms. The lowest BCUT2D eigenvalue weighted by Crippen LogP contribution is -2.17. The van der Waals surface area contributed by atoms with Crippen LogP contribution >= 0.6 is 37.2 Å².